The lowest BCUT2D eigenvalue weighted by atomic mass is 10.2. The third-order valence-electron chi connectivity index (χ3n) is 2.65. The molecule has 1 aromatic heterocycles. The molecule has 0 aliphatic carbocycles. The van der Waals surface area contributed by atoms with Crippen LogP contribution in [0.25, 0.3) is 0 Å². The van der Waals surface area contributed by atoms with E-state index in [0.29, 0.717) is 23.8 Å². The molecule has 1 aromatic rings. The molecule has 0 bridgehead atoms. The zero-order valence-corrected chi connectivity index (χ0v) is 10.0. The van der Waals surface area contributed by atoms with E-state index in [0.717, 1.165) is 4.88 Å². The van der Waals surface area contributed by atoms with E-state index in [9.17, 15) is 9.90 Å². The fraction of sp³-hybridized carbons (Fsp3) is 0.500. The predicted octanol–water partition coefficient (Wildman–Crippen LogP) is 1.42. The van der Waals surface area contributed by atoms with Gasteiger partial charge >= 0.3 is 5.97 Å². The Hall–Kier alpha value is -0.620. The zero-order valence-electron chi connectivity index (χ0n) is 8.47. The summed E-state index contributed by atoms with van der Waals surface area (Å²) in [7, 11) is 0. The number of carboxylic acids is 1. The normalized spacial score (nSPS) is 26.1. The molecule has 2 N–H and O–H groups in total. The molecule has 1 saturated heterocycles. The van der Waals surface area contributed by atoms with Gasteiger partial charge in [0.15, 0.2) is 0 Å². The van der Waals surface area contributed by atoms with Crippen LogP contribution < -0.4 is 0 Å². The number of likely N-dealkylation sites (tertiary alicyclic amines) is 1. The number of hydrogen-bond acceptors (Lipinski definition) is 4. The molecule has 2 rings (SSSR count). The average molecular weight is 262 g/mol. The van der Waals surface area contributed by atoms with E-state index in [2.05, 4.69) is 0 Å². The van der Waals surface area contributed by atoms with Gasteiger partial charge in [0.05, 0.1) is 10.4 Å². The molecule has 0 saturated carbocycles. The van der Waals surface area contributed by atoms with Crippen LogP contribution in [0.2, 0.25) is 4.34 Å². The second kappa shape index (κ2) is 4.71. The van der Waals surface area contributed by atoms with E-state index in [-0.39, 0.29) is 0 Å². The minimum absolute atomic E-state index is 0.300. The Kier molecular flexibility index (Phi) is 3.49. The van der Waals surface area contributed by atoms with Crippen molar-refractivity contribution in [3.05, 3.63) is 21.3 Å². The summed E-state index contributed by atoms with van der Waals surface area (Å²) in [4.78, 5) is 13.8. The van der Waals surface area contributed by atoms with Gasteiger partial charge in [0.1, 0.15) is 6.04 Å². The van der Waals surface area contributed by atoms with Crippen molar-refractivity contribution in [2.24, 2.45) is 0 Å². The van der Waals surface area contributed by atoms with Gasteiger partial charge in [-0.15, -0.1) is 11.3 Å². The summed E-state index contributed by atoms with van der Waals surface area (Å²) in [5, 5.41) is 18.5. The Bertz CT molecular complexity index is 395. The second-order valence-corrected chi connectivity index (χ2v) is 5.68. The highest BCUT2D eigenvalue weighted by molar-refractivity contribution is 7.16. The van der Waals surface area contributed by atoms with Crippen molar-refractivity contribution in [3.63, 3.8) is 0 Å². The SMILES string of the molecule is O=C(O)C1CC(O)CN1Cc1ccc(Cl)s1. The van der Waals surface area contributed by atoms with Crippen molar-refractivity contribution in [3.8, 4) is 0 Å². The largest absolute Gasteiger partial charge is 0.480 e. The van der Waals surface area contributed by atoms with E-state index < -0.39 is 18.1 Å². The summed E-state index contributed by atoms with van der Waals surface area (Å²) in [6.07, 6.45) is -0.245. The van der Waals surface area contributed by atoms with Crippen LogP contribution in [0.5, 0.6) is 0 Å². The van der Waals surface area contributed by atoms with E-state index >= 15 is 0 Å². The molecule has 0 aromatic carbocycles. The monoisotopic (exact) mass is 261 g/mol. The van der Waals surface area contributed by atoms with E-state index in [1.54, 1.807) is 11.0 Å². The van der Waals surface area contributed by atoms with Gasteiger partial charge in [-0.05, 0) is 12.1 Å². The molecular weight excluding hydrogens is 250 g/mol. The Morgan fingerprint density at radius 3 is 2.94 bits per heavy atom. The Morgan fingerprint density at radius 1 is 1.62 bits per heavy atom. The van der Waals surface area contributed by atoms with Crippen LogP contribution in [0.4, 0.5) is 0 Å². The van der Waals surface area contributed by atoms with Gasteiger partial charge < -0.3 is 10.2 Å². The summed E-state index contributed by atoms with van der Waals surface area (Å²) >= 11 is 7.25. The van der Waals surface area contributed by atoms with Crippen LogP contribution in [0, 0.1) is 0 Å². The number of aliphatic hydroxyl groups excluding tert-OH is 1. The second-order valence-electron chi connectivity index (χ2n) is 3.88. The Balaban J connectivity index is 2.05. The number of halogens is 1. The molecule has 1 aliphatic rings. The van der Waals surface area contributed by atoms with Crippen LogP contribution in [0.15, 0.2) is 12.1 Å². The van der Waals surface area contributed by atoms with Gasteiger partial charge in [-0.1, -0.05) is 11.6 Å². The molecule has 0 spiro atoms. The van der Waals surface area contributed by atoms with Crippen molar-refractivity contribution in [1.82, 2.24) is 4.90 Å². The Morgan fingerprint density at radius 2 is 2.38 bits per heavy atom. The molecule has 0 radical (unpaired) electrons. The van der Waals surface area contributed by atoms with Gasteiger partial charge in [-0.3, -0.25) is 9.69 Å². The highest BCUT2D eigenvalue weighted by Crippen LogP contribution is 2.26. The number of nitrogens with zero attached hydrogens (tertiary/aromatic N) is 1. The molecule has 2 atom stereocenters. The van der Waals surface area contributed by atoms with Gasteiger partial charge in [0, 0.05) is 24.4 Å². The van der Waals surface area contributed by atoms with Crippen molar-refractivity contribution < 1.29 is 15.0 Å². The van der Waals surface area contributed by atoms with Crippen LogP contribution in [0.1, 0.15) is 11.3 Å². The minimum Gasteiger partial charge on any atom is -0.480 e. The maximum absolute atomic E-state index is 11.0. The molecule has 2 heterocycles. The lowest BCUT2D eigenvalue weighted by Crippen LogP contribution is -2.35. The molecule has 16 heavy (non-hydrogen) atoms. The highest BCUT2D eigenvalue weighted by Gasteiger charge is 2.35. The number of carbonyl (C=O) groups is 1. The third-order valence-corrected chi connectivity index (χ3v) is 3.87. The van der Waals surface area contributed by atoms with Crippen molar-refractivity contribution >= 4 is 28.9 Å². The molecule has 1 aliphatic heterocycles. The highest BCUT2D eigenvalue weighted by atomic mass is 35.5. The predicted molar refractivity (Wildman–Crippen MR) is 61.8 cm³/mol. The summed E-state index contributed by atoms with van der Waals surface area (Å²) < 4.78 is 0.696. The molecule has 1 fully saturated rings. The van der Waals surface area contributed by atoms with Crippen LogP contribution in [0.3, 0.4) is 0 Å². The summed E-state index contributed by atoms with van der Waals surface area (Å²) in [5.74, 6) is -0.876. The fourth-order valence-electron chi connectivity index (χ4n) is 1.95. The lowest BCUT2D eigenvalue weighted by molar-refractivity contribution is -0.142. The first-order valence-corrected chi connectivity index (χ1v) is 6.15. The number of rotatable bonds is 3. The summed E-state index contributed by atoms with van der Waals surface area (Å²) in [5.41, 5.74) is 0. The van der Waals surface area contributed by atoms with E-state index in [1.165, 1.54) is 11.3 Å². The maximum atomic E-state index is 11.0. The third kappa shape index (κ3) is 2.55. The van der Waals surface area contributed by atoms with Crippen LogP contribution in [-0.4, -0.2) is 39.8 Å². The van der Waals surface area contributed by atoms with Crippen molar-refractivity contribution in [2.45, 2.75) is 25.1 Å². The number of β-amino-alcohol motifs (C(OH)–C–C–N with tert-alkyl or cyclic N) is 1. The standard InChI is InChI=1S/C10H12ClNO3S/c11-9-2-1-7(16-9)5-12-4-6(13)3-8(12)10(14)15/h1-2,6,8,13H,3-5H2,(H,14,15). The van der Waals surface area contributed by atoms with E-state index in [1.807, 2.05) is 6.07 Å². The van der Waals surface area contributed by atoms with Gasteiger partial charge in [0.2, 0.25) is 0 Å². The van der Waals surface area contributed by atoms with Crippen molar-refractivity contribution in [2.75, 3.05) is 6.54 Å². The number of aliphatic hydroxyl groups is 1. The first-order chi connectivity index (χ1) is 7.56. The number of aliphatic carboxylic acids is 1. The first kappa shape index (κ1) is 11.9. The Labute approximate surface area is 102 Å². The molecule has 4 nitrogen and oxygen atoms in total. The summed E-state index contributed by atoms with van der Waals surface area (Å²) in [6, 6.07) is 3.09. The average Bonchev–Trinajstić information content (AvgIpc) is 2.74. The minimum atomic E-state index is -0.876. The molecule has 6 heteroatoms. The van der Waals surface area contributed by atoms with Crippen LogP contribution in [-0.2, 0) is 11.3 Å². The first-order valence-electron chi connectivity index (χ1n) is 4.95. The van der Waals surface area contributed by atoms with Crippen molar-refractivity contribution in [1.29, 1.82) is 0 Å². The number of hydrogen-bond donors (Lipinski definition) is 2. The number of thiophene rings is 1. The molecule has 2 unspecified atom stereocenters. The van der Waals surface area contributed by atoms with Gasteiger partial charge in [0.25, 0.3) is 0 Å². The number of carboxylic acid groups (broad SMARTS) is 1. The quantitative estimate of drug-likeness (QED) is 0.864. The topological polar surface area (TPSA) is 60.8 Å². The smallest absolute Gasteiger partial charge is 0.321 e. The fourth-order valence-corrected chi connectivity index (χ4v) is 3.06. The van der Waals surface area contributed by atoms with Gasteiger partial charge in [-0.25, -0.2) is 0 Å². The zero-order chi connectivity index (χ0) is 11.7. The van der Waals surface area contributed by atoms with Gasteiger partial charge in [-0.2, -0.15) is 0 Å². The summed E-state index contributed by atoms with van der Waals surface area (Å²) in [6.45, 7) is 0.942. The van der Waals surface area contributed by atoms with Crippen LogP contribution >= 0.6 is 22.9 Å². The molecule has 88 valence electrons. The lowest BCUT2D eigenvalue weighted by Gasteiger charge is -2.19. The molecule has 0 amide bonds. The van der Waals surface area contributed by atoms with E-state index in [4.69, 9.17) is 16.7 Å². The maximum Gasteiger partial charge on any atom is 0.321 e. The molecular formula is C10H12ClNO3S.